The summed E-state index contributed by atoms with van der Waals surface area (Å²) in [7, 11) is 0. The molecule has 3 N–H and O–H groups in total. The molecule has 3 aromatic rings. The molecule has 0 aliphatic rings. The molecule has 168 valence electrons. The van der Waals surface area contributed by atoms with Gasteiger partial charge in [0, 0.05) is 18.2 Å². The van der Waals surface area contributed by atoms with Crippen molar-refractivity contribution in [2.75, 3.05) is 13.2 Å². The van der Waals surface area contributed by atoms with E-state index in [1.165, 1.54) is 0 Å². The summed E-state index contributed by atoms with van der Waals surface area (Å²) in [5.74, 6) is 1.03. The maximum absolute atomic E-state index is 11.4. The highest BCUT2D eigenvalue weighted by molar-refractivity contribution is 9.18. The van der Waals surface area contributed by atoms with Gasteiger partial charge in [-0.1, -0.05) is 24.3 Å². The number of aryl methyl sites for hydroxylation is 2. The molecular formula is C26H28BrNO4. The lowest BCUT2D eigenvalue weighted by atomic mass is 9.99. The van der Waals surface area contributed by atoms with Gasteiger partial charge in [-0.05, 0) is 101 Å². The maximum Gasteiger partial charge on any atom is 0.228 e. The number of aliphatic hydroxyl groups is 1. The Bertz CT molecular complexity index is 1040. The fourth-order valence-electron chi connectivity index (χ4n) is 3.65. The largest absolute Gasteiger partial charge is 0.508 e. The normalized spacial score (nSPS) is 12.9. The van der Waals surface area contributed by atoms with Crippen molar-refractivity contribution in [1.82, 2.24) is 5.32 Å². The number of hydrogen-bond donors (Lipinski definition) is 3. The molecule has 0 saturated heterocycles. The van der Waals surface area contributed by atoms with Crippen LogP contribution in [0.15, 0.2) is 60.7 Å². The van der Waals surface area contributed by atoms with Crippen molar-refractivity contribution in [2.24, 2.45) is 0 Å². The summed E-state index contributed by atoms with van der Waals surface area (Å²) < 4.78 is 5.91. The fourth-order valence-corrected chi connectivity index (χ4v) is 3.91. The van der Waals surface area contributed by atoms with Crippen LogP contribution in [0.5, 0.6) is 11.5 Å². The number of rotatable bonds is 9. The molecule has 0 aliphatic carbocycles. The Labute approximate surface area is 197 Å². The van der Waals surface area contributed by atoms with Gasteiger partial charge in [0.05, 0.1) is 6.10 Å². The van der Waals surface area contributed by atoms with Crippen LogP contribution in [-0.2, 0) is 0 Å². The third-order valence-corrected chi connectivity index (χ3v) is 5.89. The first-order valence-electron chi connectivity index (χ1n) is 10.5. The van der Waals surface area contributed by atoms with Crippen molar-refractivity contribution in [3.05, 3.63) is 82.9 Å². The molecule has 0 fully saturated rings. The van der Waals surface area contributed by atoms with Crippen LogP contribution < -0.4 is 10.1 Å². The smallest absolute Gasteiger partial charge is 0.228 e. The monoisotopic (exact) mass is 497 g/mol. The second kappa shape index (κ2) is 10.8. The maximum atomic E-state index is 11.4. The number of carbonyl (C=O) groups is 1. The number of halogens is 1. The quantitative estimate of drug-likeness (QED) is 0.276. The van der Waals surface area contributed by atoms with Gasteiger partial charge in [-0.25, -0.2) is 0 Å². The van der Waals surface area contributed by atoms with E-state index in [0.29, 0.717) is 18.7 Å². The van der Waals surface area contributed by atoms with Gasteiger partial charge >= 0.3 is 0 Å². The third-order valence-electron chi connectivity index (χ3n) is 5.43. The van der Waals surface area contributed by atoms with E-state index in [-0.39, 0.29) is 16.5 Å². The molecule has 0 saturated carbocycles. The molecule has 0 heterocycles. The van der Waals surface area contributed by atoms with Crippen LogP contribution in [0, 0.1) is 13.8 Å². The van der Waals surface area contributed by atoms with Crippen molar-refractivity contribution in [3.63, 3.8) is 0 Å². The molecule has 32 heavy (non-hydrogen) atoms. The molecule has 2 atom stereocenters. The van der Waals surface area contributed by atoms with Crippen molar-refractivity contribution in [3.8, 4) is 22.6 Å². The molecule has 6 heteroatoms. The average Bonchev–Trinajstić information content (AvgIpc) is 2.77. The molecule has 0 unspecified atom stereocenters. The van der Waals surface area contributed by atoms with E-state index in [1.54, 1.807) is 36.4 Å². The minimum absolute atomic E-state index is 0.126. The van der Waals surface area contributed by atoms with Gasteiger partial charge in [-0.15, -0.1) is 0 Å². The van der Waals surface area contributed by atoms with Crippen LogP contribution in [0.4, 0.5) is 0 Å². The van der Waals surface area contributed by atoms with E-state index in [4.69, 9.17) is 4.74 Å². The first-order chi connectivity index (χ1) is 15.3. The van der Waals surface area contributed by atoms with Crippen molar-refractivity contribution < 1.29 is 19.7 Å². The highest BCUT2D eigenvalue weighted by atomic mass is 79.9. The summed E-state index contributed by atoms with van der Waals surface area (Å²) in [5, 5.41) is 23.1. The molecule has 0 aromatic heterocycles. The summed E-state index contributed by atoms with van der Waals surface area (Å²) in [6.45, 7) is 7.01. The van der Waals surface area contributed by atoms with Crippen LogP contribution in [-0.4, -0.2) is 34.1 Å². The summed E-state index contributed by atoms with van der Waals surface area (Å²) in [4.78, 5) is 11.4. The number of aromatic hydroxyl groups is 1. The minimum Gasteiger partial charge on any atom is -0.508 e. The first kappa shape index (κ1) is 24.0. The zero-order chi connectivity index (χ0) is 23.3. The zero-order valence-corrected chi connectivity index (χ0v) is 20.0. The summed E-state index contributed by atoms with van der Waals surface area (Å²) in [6, 6.07) is 18.1. The Morgan fingerprint density at radius 3 is 2.16 bits per heavy atom. The van der Waals surface area contributed by atoms with Crippen LogP contribution in [0.2, 0.25) is 0 Å². The van der Waals surface area contributed by atoms with Gasteiger partial charge in [0.1, 0.15) is 18.1 Å². The second-order valence-electron chi connectivity index (χ2n) is 7.92. The van der Waals surface area contributed by atoms with E-state index < -0.39 is 6.10 Å². The Morgan fingerprint density at radius 2 is 1.59 bits per heavy atom. The first-order valence-corrected chi connectivity index (χ1v) is 11.3. The van der Waals surface area contributed by atoms with Gasteiger partial charge in [0.15, 0.2) is 0 Å². The third kappa shape index (κ3) is 5.97. The molecule has 3 aromatic carbocycles. The number of aliphatic hydroxyl groups excluding tert-OH is 1. The van der Waals surface area contributed by atoms with Gasteiger partial charge < -0.3 is 20.3 Å². The molecule has 5 nitrogen and oxygen atoms in total. The number of ether oxygens (including phenoxy) is 1. The Kier molecular flexibility index (Phi) is 8.07. The van der Waals surface area contributed by atoms with Gasteiger partial charge in [0.2, 0.25) is 4.69 Å². The van der Waals surface area contributed by atoms with E-state index in [9.17, 15) is 15.0 Å². The van der Waals surface area contributed by atoms with Gasteiger partial charge in [0.25, 0.3) is 0 Å². The molecule has 3 rings (SSSR count). The Hall–Kier alpha value is -2.67. The predicted molar refractivity (Wildman–Crippen MR) is 131 cm³/mol. The number of phenols is 1. The van der Waals surface area contributed by atoms with E-state index >= 15 is 0 Å². The minimum atomic E-state index is -0.676. The van der Waals surface area contributed by atoms with Crippen molar-refractivity contribution in [1.29, 1.82) is 0 Å². The standard InChI is InChI=1S/C26H28BrNO4/c1-16-14-22(19-4-6-21(7-5-19)26(27)31)15-17(2)25(16)32-13-12-28-18(3)24(30)20-8-10-23(29)11-9-20/h4-11,14-15,18,24,28-30H,12-13H2,1-3H3/t18-,24-/m0/s1. The van der Waals surface area contributed by atoms with E-state index in [2.05, 4.69) is 33.4 Å². The molecule has 0 bridgehead atoms. The molecular weight excluding hydrogens is 470 g/mol. The average molecular weight is 498 g/mol. The number of hydrogen-bond acceptors (Lipinski definition) is 5. The van der Waals surface area contributed by atoms with Gasteiger partial charge in [-0.3, -0.25) is 4.79 Å². The van der Waals surface area contributed by atoms with Crippen LogP contribution in [0.3, 0.4) is 0 Å². The van der Waals surface area contributed by atoms with Crippen LogP contribution in [0.25, 0.3) is 11.1 Å². The van der Waals surface area contributed by atoms with Crippen LogP contribution in [0.1, 0.15) is 40.1 Å². The Morgan fingerprint density at radius 1 is 1.00 bits per heavy atom. The molecule has 0 amide bonds. The van der Waals surface area contributed by atoms with Crippen LogP contribution >= 0.6 is 15.9 Å². The predicted octanol–water partition coefficient (Wildman–Crippen LogP) is 5.30. The molecule has 0 radical (unpaired) electrons. The highest BCUT2D eigenvalue weighted by Crippen LogP contribution is 2.30. The zero-order valence-electron chi connectivity index (χ0n) is 18.4. The lowest BCUT2D eigenvalue weighted by Gasteiger charge is -2.21. The number of carbonyl (C=O) groups excluding carboxylic acids is 1. The topological polar surface area (TPSA) is 78.8 Å². The van der Waals surface area contributed by atoms with E-state index in [1.807, 2.05) is 32.9 Å². The Balaban J connectivity index is 1.57. The number of phenolic OH excluding ortho intramolecular Hbond substituents is 1. The highest BCUT2D eigenvalue weighted by Gasteiger charge is 2.16. The van der Waals surface area contributed by atoms with Gasteiger partial charge in [-0.2, -0.15) is 0 Å². The number of nitrogens with one attached hydrogen (secondary N) is 1. The lowest BCUT2D eigenvalue weighted by Crippen LogP contribution is -2.35. The lowest BCUT2D eigenvalue weighted by molar-refractivity contribution is 0.109. The summed E-state index contributed by atoms with van der Waals surface area (Å²) in [5.41, 5.74) is 5.57. The second-order valence-corrected chi connectivity index (χ2v) is 8.64. The van der Waals surface area contributed by atoms with Crippen molar-refractivity contribution in [2.45, 2.75) is 32.9 Å². The SMILES string of the molecule is Cc1cc(-c2ccc(C(=O)Br)cc2)cc(C)c1OCCN[C@@H](C)[C@H](O)c1ccc(O)cc1. The molecule has 0 spiro atoms. The fraction of sp³-hybridized carbons (Fsp3) is 0.269. The number of benzene rings is 3. The molecule has 0 aliphatic heterocycles. The van der Waals surface area contributed by atoms with E-state index in [0.717, 1.165) is 33.6 Å². The summed E-state index contributed by atoms with van der Waals surface area (Å²) in [6.07, 6.45) is -0.676. The summed E-state index contributed by atoms with van der Waals surface area (Å²) >= 11 is 2.97. The van der Waals surface area contributed by atoms with Crippen molar-refractivity contribution >= 4 is 20.6 Å².